The van der Waals surface area contributed by atoms with Crippen LogP contribution in [-0.2, 0) is 16.1 Å². The summed E-state index contributed by atoms with van der Waals surface area (Å²) in [4.78, 5) is 42.1. The third kappa shape index (κ3) is 4.95. The second-order valence-corrected chi connectivity index (χ2v) is 7.88. The van der Waals surface area contributed by atoms with Crippen LogP contribution in [0, 0.1) is 0 Å². The normalized spacial score (nSPS) is 13.8. The van der Waals surface area contributed by atoms with Gasteiger partial charge < -0.3 is 15.5 Å². The number of nitrogens with one attached hydrogen (secondary N) is 2. The van der Waals surface area contributed by atoms with Crippen molar-refractivity contribution in [2.45, 2.75) is 39.2 Å². The summed E-state index contributed by atoms with van der Waals surface area (Å²) in [5, 5.41) is 8.33. The minimum absolute atomic E-state index is 0.105. The highest BCUT2D eigenvalue weighted by atomic mass is 32.1. The van der Waals surface area contributed by atoms with E-state index in [1.54, 1.807) is 40.5 Å². The summed E-state index contributed by atoms with van der Waals surface area (Å²) in [6.45, 7) is 5.10. The summed E-state index contributed by atoms with van der Waals surface area (Å²) in [5.41, 5.74) is 2.06. The molecule has 0 bridgehead atoms. The molecule has 2 heterocycles. The SMILES string of the molecule is CC(C)c1nc(CNC(=O)CNC(=O)c2ccc(N3CCCC3=O)cc2)cs1. The lowest BCUT2D eigenvalue weighted by atomic mass is 10.2. The van der Waals surface area contributed by atoms with E-state index in [1.165, 1.54) is 0 Å². The van der Waals surface area contributed by atoms with E-state index in [9.17, 15) is 14.4 Å². The van der Waals surface area contributed by atoms with E-state index >= 15 is 0 Å². The van der Waals surface area contributed by atoms with Crippen LogP contribution in [0.3, 0.4) is 0 Å². The standard InChI is InChI=1S/C20H24N4O3S/c1-13(2)20-23-15(12-28-20)10-21-17(25)11-22-19(27)14-5-7-16(8-6-14)24-9-3-4-18(24)26/h5-8,12-13H,3-4,9-11H2,1-2H3,(H,21,25)(H,22,27). The Balaban J connectivity index is 1.45. The van der Waals surface area contributed by atoms with Gasteiger partial charge in [-0.05, 0) is 30.7 Å². The van der Waals surface area contributed by atoms with E-state index in [-0.39, 0.29) is 24.3 Å². The van der Waals surface area contributed by atoms with Gasteiger partial charge in [-0.3, -0.25) is 14.4 Å². The van der Waals surface area contributed by atoms with Crippen LogP contribution in [0.2, 0.25) is 0 Å². The summed E-state index contributed by atoms with van der Waals surface area (Å²) < 4.78 is 0. The molecule has 0 saturated carbocycles. The first-order valence-corrected chi connectivity index (χ1v) is 10.2. The molecule has 0 atom stereocenters. The maximum atomic E-state index is 12.2. The van der Waals surface area contributed by atoms with Crippen LogP contribution in [0.1, 0.15) is 53.7 Å². The maximum Gasteiger partial charge on any atom is 0.251 e. The van der Waals surface area contributed by atoms with Crippen molar-refractivity contribution in [3.8, 4) is 0 Å². The van der Waals surface area contributed by atoms with Crippen molar-refractivity contribution in [2.24, 2.45) is 0 Å². The van der Waals surface area contributed by atoms with E-state index in [0.29, 0.717) is 31.0 Å². The summed E-state index contributed by atoms with van der Waals surface area (Å²) in [7, 11) is 0. The van der Waals surface area contributed by atoms with Crippen molar-refractivity contribution in [2.75, 3.05) is 18.0 Å². The number of carbonyl (C=O) groups excluding carboxylic acids is 3. The molecule has 1 aromatic carbocycles. The zero-order chi connectivity index (χ0) is 20.1. The Morgan fingerprint density at radius 2 is 1.96 bits per heavy atom. The van der Waals surface area contributed by atoms with Gasteiger partial charge in [0.05, 0.1) is 23.8 Å². The molecule has 1 fully saturated rings. The third-order valence-electron chi connectivity index (χ3n) is 4.45. The number of carbonyl (C=O) groups is 3. The predicted molar refractivity (Wildman–Crippen MR) is 108 cm³/mol. The highest BCUT2D eigenvalue weighted by Gasteiger charge is 2.21. The molecule has 1 saturated heterocycles. The molecule has 2 N–H and O–H groups in total. The molecule has 7 nitrogen and oxygen atoms in total. The molecule has 148 valence electrons. The highest BCUT2D eigenvalue weighted by Crippen LogP contribution is 2.21. The lowest BCUT2D eigenvalue weighted by Crippen LogP contribution is -2.36. The van der Waals surface area contributed by atoms with Gasteiger partial charge in [-0.25, -0.2) is 4.98 Å². The Labute approximate surface area is 168 Å². The van der Waals surface area contributed by atoms with Crippen LogP contribution in [0.15, 0.2) is 29.6 Å². The molecule has 3 rings (SSSR count). The van der Waals surface area contributed by atoms with Gasteiger partial charge in [0.2, 0.25) is 11.8 Å². The molecule has 0 radical (unpaired) electrons. The summed E-state index contributed by atoms with van der Waals surface area (Å²) in [6, 6.07) is 6.84. The van der Waals surface area contributed by atoms with Crippen LogP contribution in [0.4, 0.5) is 5.69 Å². The first-order valence-electron chi connectivity index (χ1n) is 9.33. The van der Waals surface area contributed by atoms with Crippen LogP contribution in [0.5, 0.6) is 0 Å². The lowest BCUT2D eigenvalue weighted by Gasteiger charge is -2.15. The molecule has 1 aliphatic heterocycles. The first-order chi connectivity index (χ1) is 13.4. The summed E-state index contributed by atoms with van der Waals surface area (Å²) >= 11 is 1.58. The number of hydrogen-bond donors (Lipinski definition) is 2. The fourth-order valence-electron chi connectivity index (χ4n) is 2.90. The number of hydrogen-bond acceptors (Lipinski definition) is 5. The minimum Gasteiger partial charge on any atom is -0.349 e. The number of rotatable bonds is 7. The number of anilines is 1. The number of benzene rings is 1. The molecule has 0 spiro atoms. The van der Waals surface area contributed by atoms with Crippen molar-refractivity contribution in [1.82, 2.24) is 15.6 Å². The molecule has 8 heteroatoms. The Kier molecular flexibility index (Phi) is 6.41. The fraction of sp³-hybridized carbons (Fsp3) is 0.400. The van der Waals surface area contributed by atoms with E-state index in [4.69, 9.17) is 0 Å². The van der Waals surface area contributed by atoms with Gasteiger partial charge in [0.15, 0.2) is 0 Å². The average molecular weight is 401 g/mol. The number of aromatic nitrogens is 1. The Morgan fingerprint density at radius 1 is 1.21 bits per heavy atom. The minimum atomic E-state index is -0.329. The van der Waals surface area contributed by atoms with Crippen LogP contribution >= 0.6 is 11.3 Å². The van der Waals surface area contributed by atoms with E-state index < -0.39 is 0 Å². The Hall–Kier alpha value is -2.74. The summed E-state index contributed by atoms with van der Waals surface area (Å²) in [6.07, 6.45) is 1.42. The predicted octanol–water partition coefficient (Wildman–Crippen LogP) is 2.44. The fourth-order valence-corrected chi connectivity index (χ4v) is 3.73. The van der Waals surface area contributed by atoms with E-state index in [1.807, 2.05) is 5.38 Å². The van der Waals surface area contributed by atoms with Gasteiger partial charge in [0.25, 0.3) is 5.91 Å². The topological polar surface area (TPSA) is 91.4 Å². The highest BCUT2D eigenvalue weighted by molar-refractivity contribution is 7.09. The molecular formula is C20H24N4O3S. The quantitative estimate of drug-likeness (QED) is 0.747. The second-order valence-electron chi connectivity index (χ2n) is 6.99. The van der Waals surface area contributed by atoms with Crippen molar-refractivity contribution in [3.63, 3.8) is 0 Å². The number of thiazole rings is 1. The van der Waals surface area contributed by atoms with Gasteiger partial charge in [-0.15, -0.1) is 11.3 Å². The zero-order valence-corrected chi connectivity index (χ0v) is 16.8. The molecular weight excluding hydrogens is 376 g/mol. The van der Waals surface area contributed by atoms with Crippen molar-refractivity contribution in [1.29, 1.82) is 0 Å². The molecule has 2 aromatic rings. The van der Waals surface area contributed by atoms with Gasteiger partial charge in [0.1, 0.15) is 0 Å². The van der Waals surface area contributed by atoms with E-state index in [2.05, 4.69) is 29.5 Å². The van der Waals surface area contributed by atoms with Gasteiger partial charge in [0, 0.05) is 35.5 Å². The van der Waals surface area contributed by atoms with Crippen molar-refractivity contribution >= 4 is 34.7 Å². The monoisotopic (exact) mass is 400 g/mol. The van der Waals surface area contributed by atoms with Gasteiger partial charge >= 0.3 is 0 Å². The molecule has 3 amide bonds. The van der Waals surface area contributed by atoms with Gasteiger partial charge in [-0.1, -0.05) is 13.8 Å². The molecule has 28 heavy (non-hydrogen) atoms. The molecule has 1 aromatic heterocycles. The van der Waals surface area contributed by atoms with Crippen LogP contribution in [-0.4, -0.2) is 35.8 Å². The van der Waals surface area contributed by atoms with Crippen molar-refractivity contribution < 1.29 is 14.4 Å². The third-order valence-corrected chi connectivity index (χ3v) is 5.65. The number of amides is 3. The maximum absolute atomic E-state index is 12.2. The number of nitrogens with zero attached hydrogens (tertiary/aromatic N) is 2. The molecule has 0 aliphatic carbocycles. The van der Waals surface area contributed by atoms with Crippen LogP contribution in [0.25, 0.3) is 0 Å². The van der Waals surface area contributed by atoms with Crippen molar-refractivity contribution in [3.05, 3.63) is 45.9 Å². The van der Waals surface area contributed by atoms with E-state index in [0.717, 1.165) is 22.8 Å². The lowest BCUT2D eigenvalue weighted by molar-refractivity contribution is -0.120. The average Bonchev–Trinajstić information content (AvgIpc) is 3.33. The summed E-state index contributed by atoms with van der Waals surface area (Å²) in [5.74, 6) is -0.129. The zero-order valence-electron chi connectivity index (χ0n) is 16.0. The smallest absolute Gasteiger partial charge is 0.251 e. The Bertz CT molecular complexity index is 861. The largest absolute Gasteiger partial charge is 0.349 e. The Morgan fingerprint density at radius 3 is 2.57 bits per heavy atom. The van der Waals surface area contributed by atoms with Crippen LogP contribution < -0.4 is 15.5 Å². The second kappa shape index (κ2) is 8.97. The first kappa shape index (κ1) is 20.0. The van der Waals surface area contributed by atoms with Gasteiger partial charge in [-0.2, -0.15) is 0 Å². The molecule has 0 unspecified atom stereocenters. The molecule has 1 aliphatic rings.